The second-order valence-corrected chi connectivity index (χ2v) is 8.01. The van der Waals surface area contributed by atoms with Crippen molar-refractivity contribution in [3.63, 3.8) is 0 Å². The summed E-state index contributed by atoms with van der Waals surface area (Å²) in [5.74, 6) is -0.465. The van der Waals surface area contributed by atoms with Crippen LogP contribution < -0.4 is 5.56 Å². The molecule has 1 aromatic carbocycles. The maximum Gasteiger partial charge on any atom is 0.250 e. The van der Waals surface area contributed by atoms with Gasteiger partial charge in [0.25, 0.3) is 5.56 Å². The normalized spacial score (nSPS) is 11.9. The lowest BCUT2D eigenvalue weighted by Gasteiger charge is -2.19. The van der Waals surface area contributed by atoms with E-state index in [-0.39, 0.29) is 11.4 Å². The molecule has 0 saturated heterocycles. The second kappa shape index (κ2) is 7.58. The smallest absolute Gasteiger partial charge is 0.250 e. The Labute approximate surface area is 148 Å². The minimum atomic E-state index is -3.68. The Balaban J connectivity index is 2.44. The Morgan fingerprint density at radius 3 is 2.42 bits per heavy atom. The van der Waals surface area contributed by atoms with E-state index in [1.165, 1.54) is 33.3 Å². The molecule has 0 unspecified atom stereocenters. The molecule has 0 radical (unpaired) electrons. The van der Waals surface area contributed by atoms with E-state index >= 15 is 0 Å². The molecule has 0 aliphatic rings. The predicted octanol–water partition coefficient (Wildman–Crippen LogP) is 2.83. The number of rotatable bonds is 6. The summed E-state index contributed by atoms with van der Waals surface area (Å²) in [4.78, 5) is 12.0. The SMILES string of the molecule is CCN(CC)S(=O)(=O)c1ccc(=O)n(Cc2ccc(Br)cc2F)c1. The Hall–Kier alpha value is -1.51. The van der Waals surface area contributed by atoms with Crippen LogP contribution >= 0.6 is 15.9 Å². The molecule has 0 aliphatic carbocycles. The monoisotopic (exact) mass is 416 g/mol. The van der Waals surface area contributed by atoms with E-state index in [0.29, 0.717) is 23.1 Å². The summed E-state index contributed by atoms with van der Waals surface area (Å²) in [7, 11) is -3.68. The molecule has 0 amide bonds. The number of benzene rings is 1. The summed E-state index contributed by atoms with van der Waals surface area (Å²) in [6.07, 6.45) is 1.26. The van der Waals surface area contributed by atoms with Crippen LogP contribution in [0.3, 0.4) is 0 Å². The molecule has 0 fully saturated rings. The van der Waals surface area contributed by atoms with Gasteiger partial charge in [-0.2, -0.15) is 4.31 Å². The number of aromatic nitrogens is 1. The van der Waals surface area contributed by atoms with Crippen molar-refractivity contribution >= 4 is 26.0 Å². The molecular weight excluding hydrogens is 399 g/mol. The highest BCUT2D eigenvalue weighted by molar-refractivity contribution is 9.10. The van der Waals surface area contributed by atoms with Crippen LogP contribution in [0.4, 0.5) is 4.39 Å². The number of halogens is 2. The van der Waals surface area contributed by atoms with Gasteiger partial charge in [0.2, 0.25) is 10.0 Å². The molecule has 0 aliphatic heterocycles. The van der Waals surface area contributed by atoms with Crippen LogP contribution in [0.5, 0.6) is 0 Å². The van der Waals surface area contributed by atoms with Gasteiger partial charge in [-0.25, -0.2) is 12.8 Å². The number of hydrogen-bond donors (Lipinski definition) is 0. The molecule has 0 atom stereocenters. The van der Waals surface area contributed by atoms with E-state index in [2.05, 4.69) is 15.9 Å². The average molecular weight is 417 g/mol. The van der Waals surface area contributed by atoms with Crippen molar-refractivity contribution < 1.29 is 12.8 Å². The van der Waals surface area contributed by atoms with Gasteiger partial charge in [0.05, 0.1) is 11.4 Å². The van der Waals surface area contributed by atoms with E-state index in [9.17, 15) is 17.6 Å². The van der Waals surface area contributed by atoms with Gasteiger partial charge in [0.15, 0.2) is 0 Å². The number of sulfonamides is 1. The summed E-state index contributed by atoms with van der Waals surface area (Å²) in [5, 5.41) is 0. The lowest BCUT2D eigenvalue weighted by molar-refractivity contribution is 0.444. The molecule has 24 heavy (non-hydrogen) atoms. The Morgan fingerprint density at radius 2 is 1.83 bits per heavy atom. The topological polar surface area (TPSA) is 59.4 Å². The first-order valence-corrected chi connectivity index (χ1v) is 9.67. The van der Waals surface area contributed by atoms with Crippen molar-refractivity contribution in [2.75, 3.05) is 13.1 Å². The quantitative estimate of drug-likeness (QED) is 0.727. The first kappa shape index (κ1) is 18.8. The standard InChI is InChI=1S/C16H18BrFN2O3S/c1-3-20(4-2)24(22,23)14-7-8-16(21)19(11-14)10-12-5-6-13(17)9-15(12)18/h5-9,11H,3-4,10H2,1-2H3. The van der Waals surface area contributed by atoms with Gasteiger partial charge in [-0.05, 0) is 18.2 Å². The van der Waals surface area contributed by atoms with E-state index in [1.54, 1.807) is 26.0 Å². The van der Waals surface area contributed by atoms with Gasteiger partial charge in [0, 0.05) is 35.4 Å². The Kier molecular flexibility index (Phi) is 5.95. The Bertz CT molecular complexity index is 892. The van der Waals surface area contributed by atoms with Crippen LogP contribution in [-0.2, 0) is 16.6 Å². The lowest BCUT2D eigenvalue weighted by Crippen LogP contribution is -2.32. The summed E-state index contributed by atoms with van der Waals surface area (Å²) in [6.45, 7) is 4.11. The summed E-state index contributed by atoms with van der Waals surface area (Å²) < 4.78 is 42.2. The van der Waals surface area contributed by atoms with Crippen LogP contribution in [-0.4, -0.2) is 30.4 Å². The molecule has 130 valence electrons. The van der Waals surface area contributed by atoms with Crippen LogP contribution in [0.1, 0.15) is 19.4 Å². The molecular formula is C16H18BrFN2O3S. The fraction of sp³-hybridized carbons (Fsp3) is 0.312. The number of nitrogens with zero attached hydrogens (tertiary/aromatic N) is 2. The van der Waals surface area contributed by atoms with Crippen molar-refractivity contribution in [1.29, 1.82) is 0 Å². The first-order valence-electron chi connectivity index (χ1n) is 7.44. The molecule has 2 aromatic rings. The van der Waals surface area contributed by atoms with Gasteiger partial charge >= 0.3 is 0 Å². The molecule has 2 rings (SSSR count). The molecule has 1 heterocycles. The second-order valence-electron chi connectivity index (χ2n) is 5.16. The highest BCUT2D eigenvalue weighted by Crippen LogP contribution is 2.17. The van der Waals surface area contributed by atoms with Crippen LogP contribution in [0.2, 0.25) is 0 Å². The maximum atomic E-state index is 14.0. The van der Waals surface area contributed by atoms with Gasteiger partial charge < -0.3 is 4.57 Å². The molecule has 0 bridgehead atoms. The van der Waals surface area contributed by atoms with Crippen LogP contribution in [0, 0.1) is 5.82 Å². The highest BCUT2D eigenvalue weighted by atomic mass is 79.9. The predicted molar refractivity (Wildman–Crippen MR) is 94.0 cm³/mol. The summed E-state index contributed by atoms with van der Waals surface area (Å²) in [6, 6.07) is 6.99. The molecule has 1 aromatic heterocycles. The summed E-state index contributed by atoms with van der Waals surface area (Å²) in [5.41, 5.74) is -0.0893. The zero-order valence-corrected chi connectivity index (χ0v) is 15.8. The number of pyridine rings is 1. The van der Waals surface area contributed by atoms with Crippen molar-refractivity contribution in [3.05, 3.63) is 62.7 Å². The van der Waals surface area contributed by atoms with Crippen molar-refractivity contribution in [2.24, 2.45) is 0 Å². The number of hydrogen-bond acceptors (Lipinski definition) is 3. The zero-order valence-electron chi connectivity index (χ0n) is 13.4. The fourth-order valence-corrected chi connectivity index (χ4v) is 4.14. The van der Waals surface area contributed by atoms with Crippen LogP contribution in [0.15, 0.2) is 50.7 Å². The highest BCUT2D eigenvalue weighted by Gasteiger charge is 2.22. The van der Waals surface area contributed by atoms with E-state index in [1.807, 2.05) is 0 Å². The largest absolute Gasteiger partial charge is 0.310 e. The van der Waals surface area contributed by atoms with E-state index < -0.39 is 21.4 Å². The minimum absolute atomic E-state index is 0.0170. The average Bonchev–Trinajstić information content (AvgIpc) is 2.52. The molecule has 0 saturated carbocycles. The molecule has 5 nitrogen and oxygen atoms in total. The van der Waals surface area contributed by atoms with Gasteiger partial charge in [-0.3, -0.25) is 4.79 Å². The van der Waals surface area contributed by atoms with Gasteiger partial charge in [-0.15, -0.1) is 0 Å². The third kappa shape index (κ3) is 3.93. The van der Waals surface area contributed by atoms with E-state index in [0.717, 1.165) is 0 Å². The third-order valence-electron chi connectivity index (χ3n) is 3.66. The maximum absolute atomic E-state index is 14.0. The summed E-state index contributed by atoms with van der Waals surface area (Å²) >= 11 is 3.17. The van der Waals surface area contributed by atoms with Crippen molar-refractivity contribution in [2.45, 2.75) is 25.3 Å². The third-order valence-corrected chi connectivity index (χ3v) is 6.18. The minimum Gasteiger partial charge on any atom is -0.310 e. The molecule has 0 N–H and O–H groups in total. The van der Waals surface area contributed by atoms with Crippen molar-refractivity contribution in [3.8, 4) is 0 Å². The van der Waals surface area contributed by atoms with Gasteiger partial charge in [0.1, 0.15) is 5.82 Å². The van der Waals surface area contributed by atoms with Gasteiger partial charge in [-0.1, -0.05) is 35.8 Å². The van der Waals surface area contributed by atoms with Crippen molar-refractivity contribution in [1.82, 2.24) is 8.87 Å². The first-order chi connectivity index (χ1) is 11.3. The van der Waals surface area contributed by atoms with Crippen LogP contribution in [0.25, 0.3) is 0 Å². The molecule has 8 heteroatoms. The molecule has 0 spiro atoms. The van der Waals surface area contributed by atoms with E-state index in [4.69, 9.17) is 0 Å². The Morgan fingerprint density at radius 1 is 1.17 bits per heavy atom. The zero-order chi connectivity index (χ0) is 17.9. The fourth-order valence-electron chi connectivity index (χ4n) is 2.33. The lowest BCUT2D eigenvalue weighted by atomic mass is 10.2.